The van der Waals surface area contributed by atoms with Crippen molar-refractivity contribution in [3.8, 4) is 0 Å². The number of carboxylic acids is 1. The topological polar surface area (TPSA) is 57.5 Å². The lowest BCUT2D eigenvalue weighted by atomic mass is 9.69. The monoisotopic (exact) mass is 200 g/mol. The first-order valence-electron chi connectivity index (χ1n) is 5.30. The molecule has 0 aliphatic heterocycles. The first kappa shape index (κ1) is 11.5. The second-order valence-electron chi connectivity index (χ2n) is 5.03. The number of hydrogen-bond acceptors (Lipinski definition) is 2. The fraction of sp³-hybridized carbons (Fsp3) is 0.909. The molecule has 1 saturated carbocycles. The standard InChI is InChI=1S/C11H20O3/c1-7(2)8-4-5-11(3,14)9(6-8)10(12)13/h7-9,14H,4-6H2,1-3H3,(H,12,13). The summed E-state index contributed by atoms with van der Waals surface area (Å²) in [5.41, 5.74) is -1.02. The van der Waals surface area contributed by atoms with E-state index in [1.165, 1.54) is 0 Å². The van der Waals surface area contributed by atoms with Crippen LogP contribution in [0.3, 0.4) is 0 Å². The van der Waals surface area contributed by atoms with Crippen molar-refractivity contribution >= 4 is 5.97 Å². The van der Waals surface area contributed by atoms with Crippen molar-refractivity contribution in [1.29, 1.82) is 0 Å². The second kappa shape index (κ2) is 3.89. The minimum Gasteiger partial charge on any atom is -0.481 e. The lowest BCUT2D eigenvalue weighted by Crippen LogP contribution is -2.45. The molecular formula is C11H20O3. The Labute approximate surface area is 85.1 Å². The van der Waals surface area contributed by atoms with E-state index in [2.05, 4.69) is 13.8 Å². The zero-order valence-corrected chi connectivity index (χ0v) is 9.16. The molecule has 1 aliphatic rings. The predicted molar refractivity (Wildman–Crippen MR) is 53.9 cm³/mol. The van der Waals surface area contributed by atoms with Gasteiger partial charge in [-0.2, -0.15) is 0 Å². The largest absolute Gasteiger partial charge is 0.481 e. The summed E-state index contributed by atoms with van der Waals surface area (Å²) in [7, 11) is 0. The molecule has 0 aromatic carbocycles. The van der Waals surface area contributed by atoms with E-state index in [0.717, 1.165) is 6.42 Å². The van der Waals surface area contributed by atoms with E-state index in [4.69, 9.17) is 5.11 Å². The summed E-state index contributed by atoms with van der Waals surface area (Å²) in [4.78, 5) is 11.0. The Kier molecular flexibility index (Phi) is 3.20. The lowest BCUT2D eigenvalue weighted by Gasteiger charge is -2.39. The molecule has 0 spiro atoms. The number of carboxylic acid groups (broad SMARTS) is 1. The Morgan fingerprint density at radius 2 is 2.07 bits per heavy atom. The summed E-state index contributed by atoms with van der Waals surface area (Å²) in [6.07, 6.45) is 2.15. The molecule has 0 aromatic rings. The molecule has 1 aliphatic carbocycles. The summed E-state index contributed by atoms with van der Waals surface area (Å²) >= 11 is 0. The second-order valence-corrected chi connectivity index (χ2v) is 5.03. The average molecular weight is 200 g/mol. The fourth-order valence-electron chi connectivity index (χ4n) is 2.30. The highest BCUT2D eigenvalue weighted by molar-refractivity contribution is 5.71. The Bertz CT molecular complexity index is 221. The van der Waals surface area contributed by atoms with Crippen LogP contribution in [0.5, 0.6) is 0 Å². The summed E-state index contributed by atoms with van der Waals surface area (Å²) in [6.45, 7) is 5.87. The molecule has 1 fully saturated rings. The van der Waals surface area contributed by atoms with E-state index in [-0.39, 0.29) is 0 Å². The van der Waals surface area contributed by atoms with Crippen LogP contribution < -0.4 is 0 Å². The highest BCUT2D eigenvalue weighted by Crippen LogP contribution is 2.39. The normalized spacial score (nSPS) is 38.6. The maximum Gasteiger partial charge on any atom is 0.309 e. The van der Waals surface area contributed by atoms with Crippen molar-refractivity contribution in [2.75, 3.05) is 0 Å². The third-order valence-corrected chi connectivity index (χ3v) is 3.55. The van der Waals surface area contributed by atoms with Gasteiger partial charge in [0.1, 0.15) is 0 Å². The number of rotatable bonds is 2. The van der Waals surface area contributed by atoms with E-state index >= 15 is 0 Å². The van der Waals surface area contributed by atoms with E-state index in [9.17, 15) is 9.90 Å². The Balaban J connectivity index is 2.73. The summed E-state index contributed by atoms with van der Waals surface area (Å²) in [5.74, 6) is -0.506. The zero-order chi connectivity index (χ0) is 10.9. The van der Waals surface area contributed by atoms with Crippen molar-refractivity contribution in [2.24, 2.45) is 17.8 Å². The predicted octanol–water partition coefficient (Wildman–Crippen LogP) is 1.89. The van der Waals surface area contributed by atoms with Crippen LogP contribution in [0, 0.1) is 17.8 Å². The maximum atomic E-state index is 11.0. The Hall–Kier alpha value is -0.570. The van der Waals surface area contributed by atoms with Gasteiger partial charge in [-0.05, 0) is 38.0 Å². The van der Waals surface area contributed by atoms with Crippen LogP contribution in [0.4, 0.5) is 0 Å². The quantitative estimate of drug-likeness (QED) is 0.715. The van der Waals surface area contributed by atoms with Crippen LogP contribution in [0.1, 0.15) is 40.0 Å². The molecule has 3 nitrogen and oxygen atoms in total. The van der Waals surface area contributed by atoms with Crippen LogP contribution >= 0.6 is 0 Å². The number of aliphatic hydroxyl groups is 1. The first-order chi connectivity index (χ1) is 6.34. The highest BCUT2D eigenvalue weighted by Gasteiger charge is 2.43. The van der Waals surface area contributed by atoms with Crippen molar-refractivity contribution in [2.45, 2.75) is 45.6 Å². The van der Waals surface area contributed by atoms with Crippen LogP contribution in [-0.2, 0) is 4.79 Å². The van der Waals surface area contributed by atoms with Crippen molar-refractivity contribution in [3.63, 3.8) is 0 Å². The smallest absolute Gasteiger partial charge is 0.309 e. The molecule has 0 heterocycles. The maximum absolute atomic E-state index is 11.0. The summed E-state index contributed by atoms with van der Waals surface area (Å²) < 4.78 is 0. The number of aliphatic carboxylic acids is 1. The van der Waals surface area contributed by atoms with Crippen LogP contribution in [-0.4, -0.2) is 21.8 Å². The molecule has 0 aromatic heterocycles. The number of carbonyl (C=O) groups is 1. The molecule has 0 bridgehead atoms. The van der Waals surface area contributed by atoms with Gasteiger partial charge in [-0.1, -0.05) is 13.8 Å². The van der Waals surface area contributed by atoms with Gasteiger partial charge < -0.3 is 10.2 Å². The molecule has 1 rings (SSSR count). The minimum atomic E-state index is -1.02. The molecule has 3 heteroatoms. The molecule has 0 amide bonds. The van der Waals surface area contributed by atoms with Crippen LogP contribution in [0.2, 0.25) is 0 Å². The van der Waals surface area contributed by atoms with Crippen LogP contribution in [0.25, 0.3) is 0 Å². The van der Waals surface area contributed by atoms with Gasteiger partial charge in [-0.25, -0.2) is 0 Å². The van der Waals surface area contributed by atoms with Gasteiger partial charge >= 0.3 is 5.97 Å². The molecule has 0 saturated heterocycles. The van der Waals surface area contributed by atoms with E-state index in [1.54, 1.807) is 6.92 Å². The average Bonchev–Trinajstić information content (AvgIpc) is 2.02. The third kappa shape index (κ3) is 2.27. The molecule has 3 atom stereocenters. The molecule has 14 heavy (non-hydrogen) atoms. The highest BCUT2D eigenvalue weighted by atomic mass is 16.4. The molecule has 82 valence electrons. The van der Waals surface area contributed by atoms with Crippen molar-refractivity contribution < 1.29 is 15.0 Å². The van der Waals surface area contributed by atoms with E-state index in [0.29, 0.717) is 24.7 Å². The van der Waals surface area contributed by atoms with Gasteiger partial charge in [0.05, 0.1) is 11.5 Å². The SMILES string of the molecule is CC(C)C1CCC(C)(O)C(C(=O)O)C1. The van der Waals surface area contributed by atoms with Gasteiger partial charge in [-0.15, -0.1) is 0 Å². The van der Waals surface area contributed by atoms with Gasteiger partial charge in [0.15, 0.2) is 0 Å². The minimum absolute atomic E-state index is 0.441. The zero-order valence-electron chi connectivity index (χ0n) is 9.16. The van der Waals surface area contributed by atoms with Crippen LogP contribution in [0.15, 0.2) is 0 Å². The molecule has 0 radical (unpaired) electrons. The Morgan fingerprint density at radius 3 is 2.50 bits per heavy atom. The summed E-state index contributed by atoms with van der Waals surface area (Å²) in [6, 6.07) is 0. The molecule has 3 unspecified atom stereocenters. The first-order valence-corrected chi connectivity index (χ1v) is 5.30. The molecule has 2 N–H and O–H groups in total. The number of hydrogen-bond donors (Lipinski definition) is 2. The molecular weight excluding hydrogens is 180 g/mol. The summed E-state index contributed by atoms with van der Waals surface area (Å²) in [5, 5.41) is 18.9. The van der Waals surface area contributed by atoms with Gasteiger partial charge in [-0.3, -0.25) is 4.79 Å². The van der Waals surface area contributed by atoms with Gasteiger partial charge in [0.25, 0.3) is 0 Å². The fourth-order valence-corrected chi connectivity index (χ4v) is 2.30. The Morgan fingerprint density at radius 1 is 1.50 bits per heavy atom. The third-order valence-electron chi connectivity index (χ3n) is 3.55. The van der Waals surface area contributed by atoms with E-state index < -0.39 is 17.5 Å². The van der Waals surface area contributed by atoms with E-state index in [1.807, 2.05) is 0 Å². The van der Waals surface area contributed by atoms with Crippen molar-refractivity contribution in [3.05, 3.63) is 0 Å². The van der Waals surface area contributed by atoms with Crippen molar-refractivity contribution in [1.82, 2.24) is 0 Å². The lowest BCUT2D eigenvalue weighted by molar-refractivity contribution is -0.156. The van der Waals surface area contributed by atoms with Gasteiger partial charge in [0, 0.05) is 0 Å². The van der Waals surface area contributed by atoms with Gasteiger partial charge in [0.2, 0.25) is 0 Å².